The molecular weight excluding hydrogens is 370 g/mol. The van der Waals surface area contributed by atoms with Crippen molar-refractivity contribution in [2.45, 2.75) is 44.8 Å². The fourth-order valence-corrected chi connectivity index (χ4v) is 4.59. The maximum atomic E-state index is 13.0. The lowest BCUT2D eigenvalue weighted by atomic mass is 9.81. The van der Waals surface area contributed by atoms with Crippen molar-refractivity contribution in [2.24, 2.45) is 5.92 Å². The highest BCUT2D eigenvalue weighted by atomic mass is 32.2. The van der Waals surface area contributed by atoms with E-state index in [9.17, 15) is 4.79 Å². The molecule has 0 radical (unpaired) electrons. The first kappa shape index (κ1) is 19.1. The summed E-state index contributed by atoms with van der Waals surface area (Å²) in [6, 6.07) is 8.33. The number of Topliss-reactive ketones (excluding diaryl/α,β-unsaturated/α-hetero) is 1. The van der Waals surface area contributed by atoms with Crippen LogP contribution in [0.25, 0.3) is 0 Å². The van der Waals surface area contributed by atoms with E-state index in [0.29, 0.717) is 17.5 Å². The number of carbonyl (C=O) groups is 1. The summed E-state index contributed by atoms with van der Waals surface area (Å²) in [5, 5.41) is 8.77. The predicted molar refractivity (Wildman–Crippen MR) is 114 cm³/mol. The number of hydrogen-bond donors (Lipinski definition) is 1. The van der Waals surface area contributed by atoms with Crippen LogP contribution in [-0.2, 0) is 4.79 Å². The number of thioether (sulfide) groups is 1. The Kier molecular flexibility index (Phi) is 5.19. The van der Waals surface area contributed by atoms with Crippen LogP contribution in [-0.4, -0.2) is 39.9 Å². The molecule has 0 bridgehead atoms. The van der Waals surface area contributed by atoms with Gasteiger partial charge in [0.05, 0.1) is 0 Å². The molecule has 0 saturated heterocycles. The molecule has 4 rings (SSSR count). The number of fused-ring (bicyclic) bond motifs is 1. The second kappa shape index (κ2) is 7.62. The highest BCUT2D eigenvalue weighted by Crippen LogP contribution is 2.42. The molecule has 1 aliphatic heterocycles. The summed E-state index contributed by atoms with van der Waals surface area (Å²) in [6.45, 7) is 8.39. The number of hydrogen-bond acceptors (Lipinski definition) is 6. The van der Waals surface area contributed by atoms with Gasteiger partial charge in [0.25, 0.3) is 0 Å². The van der Waals surface area contributed by atoms with Gasteiger partial charge in [0.2, 0.25) is 11.1 Å². The molecule has 1 aromatic carbocycles. The first-order valence-electron chi connectivity index (χ1n) is 9.94. The number of aromatic nitrogens is 3. The predicted octanol–water partition coefficient (Wildman–Crippen LogP) is 4.11. The Bertz CT molecular complexity index is 913. The van der Waals surface area contributed by atoms with E-state index in [4.69, 9.17) is 0 Å². The van der Waals surface area contributed by atoms with E-state index in [-0.39, 0.29) is 11.8 Å². The van der Waals surface area contributed by atoms with Crippen LogP contribution in [0.1, 0.15) is 45.2 Å². The summed E-state index contributed by atoms with van der Waals surface area (Å²) in [6.07, 6.45) is 3.43. The van der Waals surface area contributed by atoms with E-state index < -0.39 is 0 Å². The van der Waals surface area contributed by atoms with Gasteiger partial charge in [-0.3, -0.25) is 4.79 Å². The van der Waals surface area contributed by atoms with Crippen molar-refractivity contribution < 1.29 is 4.79 Å². The maximum absolute atomic E-state index is 13.0. The van der Waals surface area contributed by atoms with Crippen LogP contribution < -0.4 is 10.2 Å². The van der Waals surface area contributed by atoms with Crippen molar-refractivity contribution in [1.82, 2.24) is 14.8 Å². The molecule has 6 nitrogen and oxygen atoms in total. The van der Waals surface area contributed by atoms with Crippen LogP contribution in [0.15, 0.2) is 40.7 Å². The standard InChI is InChI=1S/C21H27N5OS/c1-5-25(6-2)15-9-7-14(8-10-15)19-18-16(11-13(3)12-17(18)27)22-20-23-21(28-4)24-26(19)20/h7-10,13,19H,5-6,11-12H2,1-4H3,(H,22,23,24)/t13-,19-/m0/s1. The van der Waals surface area contributed by atoms with Gasteiger partial charge in [-0.25, -0.2) is 4.68 Å². The van der Waals surface area contributed by atoms with Crippen molar-refractivity contribution in [1.29, 1.82) is 0 Å². The maximum Gasteiger partial charge on any atom is 0.227 e. The molecule has 1 aliphatic carbocycles. The quantitative estimate of drug-likeness (QED) is 0.766. The highest BCUT2D eigenvalue weighted by molar-refractivity contribution is 7.98. The van der Waals surface area contributed by atoms with Gasteiger partial charge in [-0.2, -0.15) is 4.98 Å². The summed E-state index contributed by atoms with van der Waals surface area (Å²) in [5.41, 5.74) is 4.13. The third kappa shape index (κ3) is 3.21. The van der Waals surface area contributed by atoms with E-state index in [1.54, 1.807) is 0 Å². The second-order valence-electron chi connectivity index (χ2n) is 7.49. The molecule has 0 fully saturated rings. The zero-order valence-corrected chi connectivity index (χ0v) is 17.7. The molecule has 1 N–H and O–H groups in total. The van der Waals surface area contributed by atoms with Crippen LogP contribution in [0.3, 0.4) is 0 Å². The van der Waals surface area contributed by atoms with Gasteiger partial charge in [-0.15, -0.1) is 5.10 Å². The van der Waals surface area contributed by atoms with Gasteiger partial charge in [0.15, 0.2) is 5.78 Å². The summed E-state index contributed by atoms with van der Waals surface area (Å²) in [5.74, 6) is 1.28. The van der Waals surface area contributed by atoms with Gasteiger partial charge in [-0.1, -0.05) is 30.8 Å². The second-order valence-corrected chi connectivity index (χ2v) is 8.26. The normalized spacial score (nSPS) is 21.2. The molecule has 0 unspecified atom stereocenters. The third-order valence-corrected chi connectivity index (χ3v) is 6.16. The molecular formula is C21H27N5OS. The summed E-state index contributed by atoms with van der Waals surface area (Å²) in [7, 11) is 0. The number of allylic oxidation sites excluding steroid dienone is 2. The minimum Gasteiger partial charge on any atom is -0.372 e. The van der Waals surface area contributed by atoms with Crippen LogP contribution >= 0.6 is 11.8 Å². The minimum absolute atomic E-state index is 0.214. The van der Waals surface area contributed by atoms with Gasteiger partial charge < -0.3 is 10.2 Å². The number of anilines is 2. The van der Waals surface area contributed by atoms with Crippen LogP contribution in [0, 0.1) is 5.92 Å². The lowest BCUT2D eigenvalue weighted by Gasteiger charge is -2.34. The van der Waals surface area contributed by atoms with E-state index in [1.807, 2.05) is 10.9 Å². The lowest BCUT2D eigenvalue weighted by molar-refractivity contribution is -0.117. The van der Waals surface area contributed by atoms with Crippen molar-refractivity contribution in [3.8, 4) is 0 Å². The molecule has 2 aromatic rings. The Morgan fingerprint density at radius 1 is 1.21 bits per heavy atom. The summed E-state index contributed by atoms with van der Waals surface area (Å²) >= 11 is 1.51. The average molecular weight is 398 g/mol. The Morgan fingerprint density at radius 2 is 1.93 bits per heavy atom. The van der Waals surface area contributed by atoms with E-state index in [1.165, 1.54) is 17.4 Å². The van der Waals surface area contributed by atoms with Crippen molar-refractivity contribution in [3.05, 3.63) is 41.1 Å². The number of rotatable bonds is 5. The number of nitrogens with zero attached hydrogens (tertiary/aromatic N) is 4. The molecule has 148 valence electrons. The molecule has 2 atom stereocenters. The molecule has 2 aliphatic rings. The highest BCUT2D eigenvalue weighted by Gasteiger charge is 2.38. The minimum atomic E-state index is -0.217. The fourth-order valence-electron chi connectivity index (χ4n) is 4.24. The summed E-state index contributed by atoms with van der Waals surface area (Å²) < 4.78 is 1.88. The van der Waals surface area contributed by atoms with E-state index in [2.05, 4.69) is 65.3 Å². The van der Waals surface area contributed by atoms with Crippen molar-refractivity contribution in [3.63, 3.8) is 0 Å². The first-order chi connectivity index (χ1) is 13.5. The number of nitrogens with one attached hydrogen (secondary N) is 1. The molecule has 0 amide bonds. The smallest absolute Gasteiger partial charge is 0.227 e. The average Bonchev–Trinajstić information content (AvgIpc) is 3.10. The molecule has 7 heteroatoms. The van der Waals surface area contributed by atoms with Gasteiger partial charge in [0.1, 0.15) is 6.04 Å². The Labute approximate surface area is 170 Å². The number of benzene rings is 1. The zero-order valence-electron chi connectivity index (χ0n) is 16.9. The molecule has 28 heavy (non-hydrogen) atoms. The van der Waals surface area contributed by atoms with Crippen LogP contribution in [0.4, 0.5) is 11.6 Å². The first-order valence-corrected chi connectivity index (χ1v) is 11.2. The Morgan fingerprint density at radius 3 is 2.57 bits per heavy atom. The molecule has 0 saturated carbocycles. The third-order valence-electron chi connectivity index (χ3n) is 5.62. The van der Waals surface area contributed by atoms with Gasteiger partial charge in [0, 0.05) is 36.5 Å². The van der Waals surface area contributed by atoms with Gasteiger partial charge >= 0.3 is 0 Å². The monoisotopic (exact) mass is 397 g/mol. The molecule has 1 aromatic heterocycles. The van der Waals surface area contributed by atoms with Crippen LogP contribution in [0.2, 0.25) is 0 Å². The van der Waals surface area contributed by atoms with Crippen LogP contribution in [0.5, 0.6) is 0 Å². The topological polar surface area (TPSA) is 63.1 Å². The SMILES string of the molecule is CCN(CC)c1ccc([C@H]2C3=C(C[C@H](C)CC3=O)Nc3nc(SC)nn32)cc1. The van der Waals surface area contributed by atoms with E-state index >= 15 is 0 Å². The van der Waals surface area contributed by atoms with Crippen molar-refractivity contribution in [2.75, 3.05) is 29.6 Å². The van der Waals surface area contributed by atoms with E-state index in [0.717, 1.165) is 42.3 Å². The fraction of sp³-hybridized carbons (Fsp3) is 0.476. The zero-order chi connectivity index (χ0) is 19.8. The summed E-state index contributed by atoms with van der Waals surface area (Å²) in [4.78, 5) is 19.9. The number of carbonyl (C=O) groups excluding carboxylic acids is 1. The van der Waals surface area contributed by atoms with Crippen molar-refractivity contribution >= 4 is 29.2 Å². The largest absolute Gasteiger partial charge is 0.372 e. The number of ketones is 1. The Balaban J connectivity index is 1.80. The molecule has 0 spiro atoms. The van der Waals surface area contributed by atoms with Gasteiger partial charge in [-0.05, 0) is 50.1 Å². The lowest BCUT2D eigenvalue weighted by Crippen LogP contribution is -2.33. The molecule has 2 heterocycles. The Hall–Kier alpha value is -2.28.